The monoisotopic (exact) mass is 216 g/mol. The van der Waals surface area contributed by atoms with Crippen LogP contribution >= 0.6 is 0 Å². The van der Waals surface area contributed by atoms with Gasteiger partial charge in [-0.25, -0.2) is 0 Å². The maximum atomic E-state index is 3.88. The van der Waals surface area contributed by atoms with Crippen molar-refractivity contribution in [2.24, 2.45) is 0 Å². The Hall–Kier alpha value is -1.70. The largest absolute Gasteiger partial charge is 0.265 e. The summed E-state index contributed by atoms with van der Waals surface area (Å²) in [7, 11) is 0. The Morgan fingerprint density at radius 1 is 0.750 bits per heavy atom. The maximum Gasteiger partial charge on any atom is 0.0297 e. The molecule has 0 amide bonds. The second-order valence-electron chi connectivity index (χ2n) is 3.05. The molecule has 0 fully saturated rings. The number of hydrogen-bond donors (Lipinski definition) is 0. The zero-order valence-corrected chi connectivity index (χ0v) is 10.5. The SMILES string of the molecule is CC.Cc1cccnc1.Cc1ccncc1. The molecule has 0 unspecified atom stereocenters. The zero-order valence-electron chi connectivity index (χ0n) is 10.5. The second kappa shape index (κ2) is 9.84. The van der Waals surface area contributed by atoms with E-state index in [1.165, 1.54) is 11.1 Å². The quantitative estimate of drug-likeness (QED) is 0.669. The Balaban J connectivity index is 0.000000244. The van der Waals surface area contributed by atoms with Crippen LogP contribution in [-0.4, -0.2) is 9.97 Å². The highest BCUT2D eigenvalue weighted by molar-refractivity contribution is 5.05. The van der Waals surface area contributed by atoms with Gasteiger partial charge in [-0.2, -0.15) is 0 Å². The topological polar surface area (TPSA) is 25.8 Å². The number of pyridine rings is 2. The van der Waals surface area contributed by atoms with E-state index in [9.17, 15) is 0 Å². The van der Waals surface area contributed by atoms with E-state index in [1.54, 1.807) is 18.6 Å². The highest BCUT2D eigenvalue weighted by atomic mass is 14.6. The predicted molar refractivity (Wildman–Crippen MR) is 69.3 cm³/mol. The van der Waals surface area contributed by atoms with Gasteiger partial charge in [0.2, 0.25) is 0 Å². The van der Waals surface area contributed by atoms with Crippen molar-refractivity contribution in [3.8, 4) is 0 Å². The van der Waals surface area contributed by atoms with Crippen molar-refractivity contribution in [1.29, 1.82) is 0 Å². The fourth-order valence-corrected chi connectivity index (χ4v) is 0.875. The second-order valence-corrected chi connectivity index (χ2v) is 3.05. The lowest BCUT2D eigenvalue weighted by molar-refractivity contribution is 1.27. The molecule has 86 valence electrons. The van der Waals surface area contributed by atoms with Gasteiger partial charge in [-0.15, -0.1) is 0 Å². The molecule has 16 heavy (non-hydrogen) atoms. The molecule has 0 aliphatic carbocycles. The number of aryl methyl sites for hydroxylation is 2. The van der Waals surface area contributed by atoms with E-state index in [-0.39, 0.29) is 0 Å². The third-order valence-corrected chi connectivity index (χ3v) is 1.66. The molecule has 0 bridgehead atoms. The van der Waals surface area contributed by atoms with Crippen LogP contribution in [0, 0.1) is 13.8 Å². The molecule has 0 aromatic carbocycles. The van der Waals surface area contributed by atoms with Crippen molar-refractivity contribution in [3.05, 3.63) is 60.2 Å². The lowest BCUT2D eigenvalue weighted by atomic mass is 10.3. The number of aromatic nitrogens is 2. The lowest BCUT2D eigenvalue weighted by Gasteiger charge is -1.82. The van der Waals surface area contributed by atoms with Crippen molar-refractivity contribution >= 4 is 0 Å². The third-order valence-electron chi connectivity index (χ3n) is 1.66. The molecule has 0 saturated heterocycles. The Bertz CT molecular complexity index is 306. The van der Waals surface area contributed by atoms with Gasteiger partial charge in [0.25, 0.3) is 0 Å². The Kier molecular flexibility index (Phi) is 8.79. The van der Waals surface area contributed by atoms with Gasteiger partial charge in [0.05, 0.1) is 0 Å². The summed E-state index contributed by atoms with van der Waals surface area (Å²) in [4.78, 5) is 7.73. The first-order valence-corrected chi connectivity index (χ1v) is 5.52. The molecule has 2 aromatic rings. The Morgan fingerprint density at radius 3 is 1.62 bits per heavy atom. The first-order valence-electron chi connectivity index (χ1n) is 5.52. The van der Waals surface area contributed by atoms with E-state index in [2.05, 4.69) is 9.97 Å². The van der Waals surface area contributed by atoms with E-state index in [4.69, 9.17) is 0 Å². The van der Waals surface area contributed by atoms with Gasteiger partial charge in [-0.05, 0) is 43.2 Å². The van der Waals surface area contributed by atoms with Gasteiger partial charge in [-0.3, -0.25) is 9.97 Å². The van der Waals surface area contributed by atoms with Crippen LogP contribution < -0.4 is 0 Å². The van der Waals surface area contributed by atoms with Crippen molar-refractivity contribution < 1.29 is 0 Å². The van der Waals surface area contributed by atoms with E-state index < -0.39 is 0 Å². The van der Waals surface area contributed by atoms with Crippen LogP contribution in [0.5, 0.6) is 0 Å². The van der Waals surface area contributed by atoms with Crippen molar-refractivity contribution in [1.82, 2.24) is 9.97 Å². The summed E-state index contributed by atoms with van der Waals surface area (Å²) in [5.41, 5.74) is 2.47. The molecule has 2 aromatic heterocycles. The molecule has 0 spiro atoms. The third kappa shape index (κ3) is 7.68. The van der Waals surface area contributed by atoms with Crippen LogP contribution in [0.1, 0.15) is 25.0 Å². The minimum absolute atomic E-state index is 1.21. The van der Waals surface area contributed by atoms with Crippen LogP contribution in [0.15, 0.2) is 49.1 Å². The van der Waals surface area contributed by atoms with Crippen LogP contribution in [0.2, 0.25) is 0 Å². The Morgan fingerprint density at radius 2 is 1.38 bits per heavy atom. The van der Waals surface area contributed by atoms with Gasteiger partial charge < -0.3 is 0 Å². The summed E-state index contributed by atoms with van der Waals surface area (Å²) in [6.45, 7) is 8.06. The van der Waals surface area contributed by atoms with Gasteiger partial charge in [0.15, 0.2) is 0 Å². The average molecular weight is 216 g/mol. The molecule has 0 atom stereocenters. The fourth-order valence-electron chi connectivity index (χ4n) is 0.875. The molecule has 0 radical (unpaired) electrons. The summed E-state index contributed by atoms with van der Waals surface area (Å²) in [5.74, 6) is 0. The van der Waals surface area contributed by atoms with Gasteiger partial charge >= 0.3 is 0 Å². The molecule has 2 nitrogen and oxygen atoms in total. The smallest absolute Gasteiger partial charge is 0.0297 e. The normalized spacial score (nSPS) is 8.00. The van der Waals surface area contributed by atoms with Crippen molar-refractivity contribution in [3.63, 3.8) is 0 Å². The number of nitrogens with zero attached hydrogens (tertiary/aromatic N) is 2. The molecular weight excluding hydrogens is 196 g/mol. The summed E-state index contributed by atoms with van der Waals surface area (Å²) < 4.78 is 0. The first-order chi connectivity index (χ1) is 7.79. The fraction of sp³-hybridized carbons (Fsp3) is 0.286. The van der Waals surface area contributed by atoms with Crippen LogP contribution in [0.3, 0.4) is 0 Å². The van der Waals surface area contributed by atoms with Crippen LogP contribution in [0.4, 0.5) is 0 Å². The summed E-state index contributed by atoms with van der Waals surface area (Å²) >= 11 is 0. The molecule has 0 saturated carbocycles. The highest BCUT2D eigenvalue weighted by Crippen LogP contribution is 1.89. The first kappa shape index (κ1) is 14.3. The zero-order chi connectivity index (χ0) is 12.2. The molecule has 0 N–H and O–H groups in total. The maximum absolute atomic E-state index is 3.88. The summed E-state index contributed by atoms with van der Waals surface area (Å²) in [5, 5.41) is 0. The molecule has 2 heterocycles. The van der Waals surface area contributed by atoms with Crippen molar-refractivity contribution in [2.75, 3.05) is 0 Å². The Labute approximate surface area is 98.4 Å². The highest BCUT2D eigenvalue weighted by Gasteiger charge is 1.73. The lowest BCUT2D eigenvalue weighted by Crippen LogP contribution is -1.69. The predicted octanol–water partition coefficient (Wildman–Crippen LogP) is 3.81. The van der Waals surface area contributed by atoms with Gasteiger partial charge in [0, 0.05) is 24.8 Å². The molecule has 2 rings (SSSR count). The minimum Gasteiger partial charge on any atom is -0.265 e. The molecule has 2 heteroatoms. The van der Waals surface area contributed by atoms with Crippen LogP contribution in [0.25, 0.3) is 0 Å². The minimum atomic E-state index is 1.21. The molecular formula is C14H20N2. The average Bonchev–Trinajstić information content (AvgIpc) is 2.34. The van der Waals surface area contributed by atoms with E-state index in [0.717, 1.165) is 0 Å². The summed E-state index contributed by atoms with van der Waals surface area (Å²) in [6.07, 6.45) is 7.18. The number of hydrogen-bond acceptors (Lipinski definition) is 2. The van der Waals surface area contributed by atoms with Crippen molar-refractivity contribution in [2.45, 2.75) is 27.7 Å². The van der Waals surface area contributed by atoms with E-state index in [1.807, 2.05) is 58.2 Å². The standard InChI is InChI=1S/2C6H7N.C2H6/c1-6-2-4-7-5-3-6;1-6-3-2-4-7-5-6;1-2/h2*2-5H,1H3;1-2H3. The van der Waals surface area contributed by atoms with Gasteiger partial charge in [-0.1, -0.05) is 19.9 Å². The van der Waals surface area contributed by atoms with Crippen LogP contribution in [-0.2, 0) is 0 Å². The van der Waals surface area contributed by atoms with E-state index in [0.29, 0.717) is 0 Å². The summed E-state index contributed by atoms with van der Waals surface area (Å²) in [6, 6.07) is 7.89. The van der Waals surface area contributed by atoms with Gasteiger partial charge in [0.1, 0.15) is 0 Å². The molecule has 0 aliphatic heterocycles. The molecule has 0 aliphatic rings. The van der Waals surface area contributed by atoms with E-state index >= 15 is 0 Å². The number of rotatable bonds is 0.